The number of hydrogen-bond acceptors (Lipinski definition) is 2. The van der Waals surface area contributed by atoms with Crippen molar-refractivity contribution >= 4 is 5.91 Å². The van der Waals surface area contributed by atoms with Gasteiger partial charge in [-0.05, 0) is 50.8 Å². The monoisotopic (exact) mass is 274 g/mol. The molecule has 1 N–H and O–H groups in total. The minimum Gasteiger partial charge on any atom is -0.348 e. The Morgan fingerprint density at radius 2 is 2.20 bits per heavy atom. The number of carbonyl (C=O) groups excluding carboxylic acids is 1. The molecule has 20 heavy (non-hydrogen) atoms. The number of amides is 1. The lowest BCUT2D eigenvalue weighted by molar-refractivity contribution is 0.0919. The van der Waals surface area contributed by atoms with Crippen LogP contribution in [-0.2, 0) is 0 Å². The van der Waals surface area contributed by atoms with Crippen molar-refractivity contribution in [1.82, 2.24) is 10.2 Å². The highest BCUT2D eigenvalue weighted by molar-refractivity contribution is 5.95. The Morgan fingerprint density at radius 3 is 2.90 bits per heavy atom. The van der Waals surface area contributed by atoms with Crippen molar-refractivity contribution in [2.75, 3.05) is 19.6 Å². The largest absolute Gasteiger partial charge is 0.348 e. The lowest BCUT2D eigenvalue weighted by Gasteiger charge is -2.32. The van der Waals surface area contributed by atoms with Crippen LogP contribution in [0.2, 0.25) is 0 Å². The summed E-state index contributed by atoms with van der Waals surface area (Å²) in [6, 6.07) is 7.93. The fourth-order valence-electron chi connectivity index (χ4n) is 3.01. The van der Waals surface area contributed by atoms with Crippen molar-refractivity contribution < 1.29 is 4.79 Å². The number of nitrogens with zero attached hydrogens (tertiary/aromatic N) is 1. The SMILES string of the molecule is Cc1ccccc1C(=O)N[C@H](C)CN1CCC[C@H](C)C1. The molecular weight excluding hydrogens is 248 g/mol. The van der Waals surface area contributed by atoms with Crippen molar-refractivity contribution in [2.45, 2.75) is 39.7 Å². The van der Waals surface area contributed by atoms with Gasteiger partial charge in [0.05, 0.1) is 0 Å². The highest BCUT2D eigenvalue weighted by Crippen LogP contribution is 2.15. The Kier molecular flexibility index (Phi) is 5.18. The number of benzene rings is 1. The molecule has 0 aliphatic carbocycles. The number of piperidine rings is 1. The number of likely N-dealkylation sites (tertiary alicyclic amines) is 1. The minimum absolute atomic E-state index is 0.0423. The molecule has 2 atom stereocenters. The zero-order chi connectivity index (χ0) is 14.5. The van der Waals surface area contributed by atoms with Crippen LogP contribution in [0.1, 0.15) is 42.6 Å². The molecule has 1 aliphatic heterocycles. The number of rotatable bonds is 4. The molecule has 1 aromatic rings. The summed E-state index contributed by atoms with van der Waals surface area (Å²) >= 11 is 0. The Labute approximate surface area is 122 Å². The van der Waals surface area contributed by atoms with Gasteiger partial charge in [-0.2, -0.15) is 0 Å². The first-order chi connectivity index (χ1) is 9.56. The molecule has 0 aromatic heterocycles. The standard InChI is InChI=1S/C17H26N2O/c1-13-7-6-10-19(11-13)12-15(3)18-17(20)16-9-5-4-8-14(16)2/h4-5,8-9,13,15H,6-7,10-12H2,1-3H3,(H,18,20)/t13-,15+/m0/s1. The van der Waals surface area contributed by atoms with Crippen LogP contribution in [0.15, 0.2) is 24.3 Å². The van der Waals surface area contributed by atoms with E-state index in [0.29, 0.717) is 0 Å². The lowest BCUT2D eigenvalue weighted by atomic mass is 10.00. The molecule has 0 saturated carbocycles. The van der Waals surface area contributed by atoms with E-state index in [9.17, 15) is 4.79 Å². The van der Waals surface area contributed by atoms with Crippen LogP contribution in [0.25, 0.3) is 0 Å². The first-order valence-corrected chi connectivity index (χ1v) is 7.65. The Morgan fingerprint density at radius 1 is 1.45 bits per heavy atom. The van der Waals surface area contributed by atoms with Crippen molar-refractivity contribution in [3.8, 4) is 0 Å². The fourth-order valence-corrected chi connectivity index (χ4v) is 3.01. The van der Waals surface area contributed by atoms with Crippen molar-refractivity contribution in [3.05, 3.63) is 35.4 Å². The molecular formula is C17H26N2O. The molecule has 110 valence electrons. The molecule has 2 rings (SSSR count). The molecule has 1 saturated heterocycles. The molecule has 0 spiro atoms. The summed E-state index contributed by atoms with van der Waals surface area (Å²) in [4.78, 5) is 14.7. The molecule has 3 nitrogen and oxygen atoms in total. The smallest absolute Gasteiger partial charge is 0.251 e. The average Bonchev–Trinajstić information content (AvgIpc) is 2.38. The van der Waals surface area contributed by atoms with E-state index in [4.69, 9.17) is 0 Å². The van der Waals surface area contributed by atoms with E-state index in [-0.39, 0.29) is 11.9 Å². The molecule has 1 amide bonds. The molecule has 3 heteroatoms. The molecule has 0 bridgehead atoms. The average molecular weight is 274 g/mol. The predicted molar refractivity (Wildman–Crippen MR) is 82.9 cm³/mol. The maximum atomic E-state index is 12.3. The van der Waals surface area contributed by atoms with Crippen molar-refractivity contribution in [1.29, 1.82) is 0 Å². The Balaban J connectivity index is 1.86. The molecule has 1 aliphatic rings. The summed E-state index contributed by atoms with van der Waals surface area (Å²) in [5, 5.41) is 3.12. The van der Waals surface area contributed by atoms with Crippen molar-refractivity contribution in [3.63, 3.8) is 0 Å². The number of aryl methyl sites for hydroxylation is 1. The van der Waals surface area contributed by atoms with Crippen LogP contribution < -0.4 is 5.32 Å². The molecule has 1 aromatic carbocycles. The van der Waals surface area contributed by atoms with Gasteiger partial charge in [-0.15, -0.1) is 0 Å². The quantitative estimate of drug-likeness (QED) is 0.915. The second kappa shape index (κ2) is 6.89. The third-order valence-electron chi connectivity index (χ3n) is 4.04. The molecule has 0 radical (unpaired) electrons. The van der Waals surface area contributed by atoms with Gasteiger partial charge in [0.25, 0.3) is 5.91 Å². The van der Waals surface area contributed by atoms with E-state index < -0.39 is 0 Å². The Hall–Kier alpha value is -1.35. The summed E-state index contributed by atoms with van der Waals surface area (Å²) in [5.41, 5.74) is 1.81. The maximum Gasteiger partial charge on any atom is 0.251 e. The van der Waals surface area contributed by atoms with E-state index in [2.05, 4.69) is 24.1 Å². The van der Waals surface area contributed by atoms with Crippen LogP contribution in [-0.4, -0.2) is 36.5 Å². The zero-order valence-corrected chi connectivity index (χ0v) is 12.9. The van der Waals surface area contributed by atoms with E-state index in [0.717, 1.165) is 36.7 Å². The number of carbonyl (C=O) groups is 1. The van der Waals surface area contributed by atoms with E-state index in [1.807, 2.05) is 31.2 Å². The highest BCUT2D eigenvalue weighted by atomic mass is 16.1. The summed E-state index contributed by atoms with van der Waals surface area (Å²) in [5.74, 6) is 0.823. The normalized spacial score (nSPS) is 21.4. The second-order valence-corrected chi connectivity index (χ2v) is 6.20. The third kappa shape index (κ3) is 4.07. The fraction of sp³-hybridized carbons (Fsp3) is 0.588. The van der Waals surface area contributed by atoms with Crippen LogP contribution in [0, 0.1) is 12.8 Å². The van der Waals surface area contributed by atoms with Gasteiger partial charge in [-0.3, -0.25) is 4.79 Å². The van der Waals surface area contributed by atoms with Crippen molar-refractivity contribution in [2.24, 2.45) is 5.92 Å². The molecule has 0 unspecified atom stereocenters. The topological polar surface area (TPSA) is 32.3 Å². The second-order valence-electron chi connectivity index (χ2n) is 6.20. The maximum absolute atomic E-state index is 12.3. The molecule has 1 heterocycles. The number of hydrogen-bond donors (Lipinski definition) is 1. The predicted octanol–water partition coefficient (Wildman–Crippen LogP) is 2.85. The Bertz CT molecular complexity index is 458. The zero-order valence-electron chi connectivity index (χ0n) is 12.9. The summed E-state index contributed by atoms with van der Waals surface area (Å²) < 4.78 is 0. The van der Waals surface area contributed by atoms with Gasteiger partial charge in [0.2, 0.25) is 0 Å². The van der Waals surface area contributed by atoms with Gasteiger partial charge < -0.3 is 10.2 Å². The summed E-state index contributed by atoms with van der Waals surface area (Å²) in [6.07, 6.45) is 2.61. The van der Waals surface area contributed by atoms with Gasteiger partial charge in [0.1, 0.15) is 0 Å². The first kappa shape index (κ1) is 15.0. The van der Waals surface area contributed by atoms with Gasteiger partial charge in [-0.1, -0.05) is 25.1 Å². The van der Waals surface area contributed by atoms with Gasteiger partial charge in [0, 0.05) is 24.7 Å². The van der Waals surface area contributed by atoms with Crippen LogP contribution >= 0.6 is 0 Å². The lowest BCUT2D eigenvalue weighted by Crippen LogP contribution is -2.45. The van der Waals surface area contributed by atoms with Gasteiger partial charge in [-0.25, -0.2) is 0 Å². The third-order valence-corrected chi connectivity index (χ3v) is 4.04. The molecule has 1 fully saturated rings. The van der Waals surface area contributed by atoms with Crippen LogP contribution in [0.5, 0.6) is 0 Å². The van der Waals surface area contributed by atoms with Crippen LogP contribution in [0.3, 0.4) is 0 Å². The summed E-state index contributed by atoms with van der Waals surface area (Å²) in [7, 11) is 0. The first-order valence-electron chi connectivity index (χ1n) is 7.65. The van der Waals surface area contributed by atoms with Gasteiger partial charge >= 0.3 is 0 Å². The van der Waals surface area contributed by atoms with E-state index in [1.165, 1.54) is 12.8 Å². The number of nitrogens with one attached hydrogen (secondary N) is 1. The van der Waals surface area contributed by atoms with E-state index >= 15 is 0 Å². The minimum atomic E-state index is 0.0423. The summed E-state index contributed by atoms with van der Waals surface area (Å²) in [6.45, 7) is 9.64. The highest BCUT2D eigenvalue weighted by Gasteiger charge is 2.19. The van der Waals surface area contributed by atoms with Crippen LogP contribution in [0.4, 0.5) is 0 Å². The van der Waals surface area contributed by atoms with E-state index in [1.54, 1.807) is 0 Å². The van der Waals surface area contributed by atoms with Gasteiger partial charge in [0.15, 0.2) is 0 Å².